The molecule has 1 atom stereocenters. The molecule has 2 heterocycles. The Balaban J connectivity index is 1.73. The van der Waals surface area contributed by atoms with Gasteiger partial charge in [-0.2, -0.15) is 28.2 Å². The summed E-state index contributed by atoms with van der Waals surface area (Å²) in [6.07, 6.45) is -2.02. The molecule has 3 aromatic rings. The van der Waals surface area contributed by atoms with E-state index in [1.807, 2.05) is 6.07 Å². The lowest BCUT2D eigenvalue weighted by Gasteiger charge is -2.16. The van der Waals surface area contributed by atoms with Crippen LogP contribution in [0.15, 0.2) is 42.9 Å². The zero-order chi connectivity index (χ0) is 21.9. The number of anilines is 1. The maximum absolute atomic E-state index is 13.0. The highest BCUT2D eigenvalue weighted by Gasteiger charge is 2.33. The number of halogens is 4. The minimum absolute atomic E-state index is 0.0772. The highest BCUT2D eigenvalue weighted by atomic mass is 35.5. The highest BCUT2D eigenvalue weighted by molar-refractivity contribution is 6.31. The summed E-state index contributed by atoms with van der Waals surface area (Å²) in [4.78, 5) is 20.5. The second-order valence-corrected chi connectivity index (χ2v) is 6.47. The summed E-state index contributed by atoms with van der Waals surface area (Å²) < 4.78 is 40.3. The van der Waals surface area contributed by atoms with Crippen LogP contribution in [-0.2, 0) is 6.18 Å². The van der Waals surface area contributed by atoms with Gasteiger partial charge in [0.1, 0.15) is 12.4 Å². The second kappa shape index (κ2) is 8.38. The monoisotopic (exact) mass is 435 g/mol. The van der Waals surface area contributed by atoms with Crippen molar-refractivity contribution < 1.29 is 18.0 Å². The Hall–Kier alpha value is -3.65. The normalized spacial score (nSPS) is 12.1. The van der Waals surface area contributed by atoms with Crippen LogP contribution in [0, 0.1) is 11.3 Å². The van der Waals surface area contributed by atoms with Gasteiger partial charge in [-0.05, 0) is 37.3 Å². The Labute approximate surface area is 173 Å². The van der Waals surface area contributed by atoms with Crippen molar-refractivity contribution in [3.8, 4) is 11.9 Å². The van der Waals surface area contributed by atoms with Gasteiger partial charge in [-0.15, -0.1) is 0 Å². The Morgan fingerprint density at radius 3 is 2.67 bits per heavy atom. The van der Waals surface area contributed by atoms with Crippen LogP contribution in [0.25, 0.3) is 5.82 Å². The fourth-order valence-electron chi connectivity index (χ4n) is 2.55. The molecule has 0 aliphatic rings. The average molecular weight is 436 g/mol. The predicted molar refractivity (Wildman–Crippen MR) is 101 cm³/mol. The number of amides is 2. The van der Waals surface area contributed by atoms with Gasteiger partial charge in [0.05, 0.1) is 22.2 Å². The lowest BCUT2D eigenvalue weighted by Crippen LogP contribution is -2.32. The number of nitrogens with one attached hydrogen (secondary N) is 2. The van der Waals surface area contributed by atoms with Gasteiger partial charge in [-0.25, -0.2) is 14.8 Å². The number of urea groups is 1. The number of nitrogens with zero attached hydrogens (tertiary/aromatic N) is 5. The molecule has 8 nitrogen and oxygen atoms in total. The summed E-state index contributed by atoms with van der Waals surface area (Å²) in [5.41, 5.74) is -0.763. The van der Waals surface area contributed by atoms with Gasteiger partial charge >= 0.3 is 12.2 Å². The van der Waals surface area contributed by atoms with E-state index < -0.39 is 28.8 Å². The van der Waals surface area contributed by atoms with Crippen LogP contribution >= 0.6 is 11.6 Å². The first-order valence-electron chi connectivity index (χ1n) is 8.39. The van der Waals surface area contributed by atoms with Crippen molar-refractivity contribution >= 4 is 23.3 Å². The van der Waals surface area contributed by atoms with Crippen LogP contribution < -0.4 is 10.6 Å². The summed E-state index contributed by atoms with van der Waals surface area (Å²) in [6, 6.07) is 6.71. The summed E-state index contributed by atoms with van der Waals surface area (Å²) in [7, 11) is 0. The van der Waals surface area contributed by atoms with Gasteiger partial charge in [0.25, 0.3) is 0 Å². The van der Waals surface area contributed by atoms with Crippen molar-refractivity contribution in [1.82, 2.24) is 25.1 Å². The molecule has 0 saturated heterocycles. The number of nitriles is 1. The van der Waals surface area contributed by atoms with E-state index in [-0.39, 0.29) is 5.69 Å². The van der Waals surface area contributed by atoms with Crippen molar-refractivity contribution in [2.75, 3.05) is 5.32 Å². The number of alkyl halides is 3. The van der Waals surface area contributed by atoms with E-state index in [2.05, 4.69) is 25.7 Å². The predicted octanol–water partition coefficient (Wildman–Crippen LogP) is 4.09. The SMILES string of the molecule is C[C@H](NC(=O)Nc1ccc(Cl)c(C(F)(F)F)c1)c1ncnn1-c1ccc(C#N)cn1. The minimum Gasteiger partial charge on any atom is -0.328 e. The molecule has 154 valence electrons. The number of aromatic nitrogens is 4. The molecule has 0 bridgehead atoms. The van der Waals surface area contributed by atoms with Gasteiger partial charge < -0.3 is 10.6 Å². The molecular weight excluding hydrogens is 423 g/mol. The molecule has 0 fully saturated rings. The van der Waals surface area contributed by atoms with Gasteiger partial charge in [0.15, 0.2) is 11.6 Å². The fourth-order valence-corrected chi connectivity index (χ4v) is 2.77. The van der Waals surface area contributed by atoms with E-state index in [1.165, 1.54) is 23.3 Å². The molecular formula is C18H13ClF3N7O. The van der Waals surface area contributed by atoms with Crippen LogP contribution in [-0.4, -0.2) is 25.8 Å². The van der Waals surface area contributed by atoms with Crippen LogP contribution in [0.2, 0.25) is 5.02 Å². The third-order valence-electron chi connectivity index (χ3n) is 3.93. The first-order chi connectivity index (χ1) is 14.2. The molecule has 12 heteroatoms. The third-order valence-corrected chi connectivity index (χ3v) is 4.26. The Morgan fingerprint density at radius 1 is 1.27 bits per heavy atom. The molecule has 2 amide bonds. The van der Waals surface area contributed by atoms with Gasteiger partial charge in [0, 0.05) is 11.9 Å². The van der Waals surface area contributed by atoms with Crippen LogP contribution in [0.1, 0.15) is 29.9 Å². The van der Waals surface area contributed by atoms with Crippen molar-refractivity contribution in [3.05, 3.63) is 64.8 Å². The Kier molecular flexibility index (Phi) is 5.89. The quantitative estimate of drug-likeness (QED) is 0.641. The number of rotatable bonds is 4. The van der Waals surface area contributed by atoms with Crippen LogP contribution in [0.3, 0.4) is 0 Å². The van der Waals surface area contributed by atoms with E-state index >= 15 is 0 Å². The number of benzene rings is 1. The number of hydrogen-bond acceptors (Lipinski definition) is 5. The van der Waals surface area contributed by atoms with Crippen molar-refractivity contribution in [3.63, 3.8) is 0 Å². The lowest BCUT2D eigenvalue weighted by molar-refractivity contribution is -0.137. The lowest BCUT2D eigenvalue weighted by atomic mass is 10.2. The number of hydrogen-bond donors (Lipinski definition) is 2. The first kappa shape index (κ1) is 21.1. The molecule has 3 rings (SSSR count). The topological polar surface area (TPSA) is 109 Å². The molecule has 0 radical (unpaired) electrons. The number of carbonyl (C=O) groups excluding carboxylic acids is 1. The summed E-state index contributed by atoms with van der Waals surface area (Å²) in [6.45, 7) is 1.62. The maximum Gasteiger partial charge on any atom is 0.417 e. The summed E-state index contributed by atoms with van der Waals surface area (Å²) in [5.74, 6) is 0.706. The fraction of sp³-hybridized carbons (Fsp3) is 0.167. The van der Waals surface area contributed by atoms with Gasteiger partial charge in [-0.1, -0.05) is 11.6 Å². The van der Waals surface area contributed by atoms with E-state index in [9.17, 15) is 18.0 Å². The van der Waals surface area contributed by atoms with E-state index in [4.69, 9.17) is 16.9 Å². The van der Waals surface area contributed by atoms with Crippen molar-refractivity contribution in [2.24, 2.45) is 0 Å². The van der Waals surface area contributed by atoms with E-state index in [0.717, 1.165) is 12.1 Å². The Bertz CT molecular complexity index is 1110. The Morgan fingerprint density at radius 2 is 2.03 bits per heavy atom. The molecule has 0 spiro atoms. The standard InChI is InChI=1S/C18H13ClF3N7O/c1-10(16-25-9-26-29(16)15-5-2-11(7-23)8-24-15)27-17(30)28-12-3-4-14(19)13(6-12)18(20,21)22/h2-6,8-10H,1H3,(H2,27,28,30)/t10-/m0/s1. The average Bonchev–Trinajstić information content (AvgIpc) is 3.18. The minimum atomic E-state index is -4.65. The highest BCUT2D eigenvalue weighted by Crippen LogP contribution is 2.36. The molecule has 30 heavy (non-hydrogen) atoms. The number of carbonyl (C=O) groups is 1. The molecule has 0 unspecified atom stereocenters. The van der Waals surface area contributed by atoms with Gasteiger partial charge in [0.2, 0.25) is 0 Å². The van der Waals surface area contributed by atoms with Crippen molar-refractivity contribution in [2.45, 2.75) is 19.1 Å². The van der Waals surface area contributed by atoms with Crippen LogP contribution in [0.4, 0.5) is 23.7 Å². The molecule has 2 aromatic heterocycles. The molecule has 1 aromatic carbocycles. The molecule has 0 saturated carbocycles. The number of pyridine rings is 1. The maximum atomic E-state index is 13.0. The zero-order valence-electron chi connectivity index (χ0n) is 15.3. The molecule has 0 aliphatic carbocycles. The van der Waals surface area contributed by atoms with Gasteiger partial charge in [-0.3, -0.25) is 0 Å². The molecule has 0 aliphatic heterocycles. The summed E-state index contributed by atoms with van der Waals surface area (Å²) in [5, 5.41) is 17.3. The van der Waals surface area contributed by atoms with Crippen LogP contribution in [0.5, 0.6) is 0 Å². The zero-order valence-corrected chi connectivity index (χ0v) is 16.0. The second-order valence-electron chi connectivity index (χ2n) is 6.06. The molecule has 2 N–H and O–H groups in total. The van der Waals surface area contributed by atoms with Crippen molar-refractivity contribution in [1.29, 1.82) is 5.26 Å². The third kappa shape index (κ3) is 4.66. The smallest absolute Gasteiger partial charge is 0.328 e. The van der Waals surface area contributed by atoms with E-state index in [0.29, 0.717) is 17.2 Å². The summed E-state index contributed by atoms with van der Waals surface area (Å²) >= 11 is 5.57. The van der Waals surface area contributed by atoms with E-state index in [1.54, 1.807) is 19.1 Å². The first-order valence-corrected chi connectivity index (χ1v) is 8.77. The largest absolute Gasteiger partial charge is 0.417 e.